The van der Waals surface area contributed by atoms with E-state index in [1.54, 1.807) is 25.1 Å². The molecule has 0 aliphatic carbocycles. The number of unbranched alkanes of at least 4 members (excludes halogenated alkanes) is 1. The van der Waals surface area contributed by atoms with Crippen molar-refractivity contribution in [2.75, 3.05) is 5.32 Å². The lowest BCUT2D eigenvalue weighted by molar-refractivity contribution is 0.102. The molecule has 0 saturated carbocycles. The molecule has 1 N–H and O–H groups in total. The van der Waals surface area contributed by atoms with E-state index in [2.05, 4.69) is 12.2 Å². The number of nitrogens with one attached hydrogen (secondary N) is 1. The van der Waals surface area contributed by atoms with Gasteiger partial charge in [0, 0.05) is 24.0 Å². The second kappa shape index (κ2) is 7.86. The number of benzene rings is 1. The number of rotatable bonds is 5. The zero-order chi connectivity index (χ0) is 17.9. The van der Waals surface area contributed by atoms with Crippen LogP contribution in [0.5, 0.6) is 0 Å². The molecule has 0 atom stereocenters. The summed E-state index contributed by atoms with van der Waals surface area (Å²) >= 11 is 12.1. The minimum atomic E-state index is -0.480. The molecule has 1 heterocycles. The molecule has 4 nitrogen and oxygen atoms in total. The van der Waals surface area contributed by atoms with Crippen molar-refractivity contribution in [3.8, 4) is 0 Å². The molecule has 2 aromatic rings. The van der Waals surface area contributed by atoms with Gasteiger partial charge in [-0.3, -0.25) is 9.59 Å². The fourth-order valence-corrected chi connectivity index (χ4v) is 2.99. The van der Waals surface area contributed by atoms with Crippen LogP contribution in [-0.2, 0) is 6.54 Å². The van der Waals surface area contributed by atoms with Gasteiger partial charge in [0.25, 0.3) is 5.91 Å². The summed E-state index contributed by atoms with van der Waals surface area (Å²) in [6.07, 6.45) is 2.01. The average Bonchev–Trinajstić information content (AvgIpc) is 2.51. The summed E-state index contributed by atoms with van der Waals surface area (Å²) in [5.74, 6) is -0.480. The summed E-state index contributed by atoms with van der Waals surface area (Å²) in [5.41, 5.74) is 1.72. The van der Waals surface area contributed by atoms with Crippen molar-refractivity contribution < 1.29 is 4.79 Å². The van der Waals surface area contributed by atoms with Crippen molar-refractivity contribution in [1.82, 2.24) is 4.57 Å². The Labute approximate surface area is 151 Å². The topological polar surface area (TPSA) is 51.1 Å². The molecule has 0 saturated heterocycles. The van der Waals surface area contributed by atoms with Crippen molar-refractivity contribution in [2.24, 2.45) is 0 Å². The molecule has 0 bridgehead atoms. The largest absolute Gasteiger partial charge is 0.348 e. The number of carbonyl (C=O) groups excluding carboxylic acids is 1. The first-order valence-electron chi connectivity index (χ1n) is 7.83. The third-order valence-corrected chi connectivity index (χ3v) is 4.76. The van der Waals surface area contributed by atoms with Gasteiger partial charge >= 0.3 is 0 Å². The van der Waals surface area contributed by atoms with Crippen LogP contribution in [0.2, 0.25) is 10.0 Å². The Balaban J connectivity index is 2.42. The Morgan fingerprint density at radius 1 is 1.25 bits per heavy atom. The van der Waals surface area contributed by atoms with E-state index in [0.29, 0.717) is 16.4 Å². The second-order valence-corrected chi connectivity index (χ2v) is 6.46. The molecule has 0 radical (unpaired) electrons. The van der Waals surface area contributed by atoms with E-state index in [9.17, 15) is 9.59 Å². The number of aromatic nitrogens is 1. The molecular formula is C18H20Cl2N2O2. The monoisotopic (exact) mass is 366 g/mol. The molecule has 0 spiro atoms. The fourth-order valence-electron chi connectivity index (χ4n) is 2.64. The van der Waals surface area contributed by atoms with E-state index in [0.717, 1.165) is 25.1 Å². The van der Waals surface area contributed by atoms with E-state index >= 15 is 0 Å². The van der Waals surface area contributed by atoms with Crippen molar-refractivity contribution in [3.05, 3.63) is 61.5 Å². The lowest BCUT2D eigenvalue weighted by Gasteiger charge is -2.17. The first kappa shape index (κ1) is 18.6. The first-order valence-corrected chi connectivity index (χ1v) is 8.58. The summed E-state index contributed by atoms with van der Waals surface area (Å²) < 4.78 is 2.00. The molecule has 1 aromatic heterocycles. The van der Waals surface area contributed by atoms with Crippen molar-refractivity contribution in [2.45, 2.75) is 40.2 Å². The number of halogens is 2. The normalized spacial score (nSPS) is 10.7. The average molecular weight is 367 g/mol. The quantitative estimate of drug-likeness (QED) is 0.823. The molecule has 1 amide bonds. The zero-order valence-electron chi connectivity index (χ0n) is 14.0. The van der Waals surface area contributed by atoms with E-state index in [1.807, 2.05) is 11.5 Å². The number of amides is 1. The lowest BCUT2D eigenvalue weighted by atomic mass is 10.1. The van der Waals surface area contributed by atoms with Gasteiger partial charge < -0.3 is 9.88 Å². The molecule has 128 valence electrons. The van der Waals surface area contributed by atoms with Crippen molar-refractivity contribution in [1.29, 1.82) is 0 Å². The summed E-state index contributed by atoms with van der Waals surface area (Å²) in [6, 6.07) is 6.46. The van der Waals surface area contributed by atoms with Gasteiger partial charge in [0.05, 0.1) is 15.7 Å². The standard InChI is InChI=1S/C18H20Cl2N2O2/c1-4-5-9-22-11(2)10-15(23)16(12(22)3)18(24)21-14-8-6-7-13(19)17(14)20/h6-8,10H,4-5,9H2,1-3H3,(H,21,24). The van der Waals surface area contributed by atoms with Gasteiger partial charge in [0.2, 0.25) is 0 Å². The molecule has 0 fully saturated rings. The van der Waals surface area contributed by atoms with Gasteiger partial charge in [-0.15, -0.1) is 0 Å². The highest BCUT2D eigenvalue weighted by Crippen LogP contribution is 2.29. The number of nitrogens with zero attached hydrogens (tertiary/aromatic N) is 1. The van der Waals surface area contributed by atoms with Crippen LogP contribution in [-0.4, -0.2) is 10.5 Å². The fraction of sp³-hybridized carbons (Fsp3) is 0.333. The third-order valence-electron chi connectivity index (χ3n) is 3.94. The van der Waals surface area contributed by atoms with Crippen LogP contribution < -0.4 is 10.7 Å². The van der Waals surface area contributed by atoms with Gasteiger partial charge in [-0.1, -0.05) is 42.6 Å². The van der Waals surface area contributed by atoms with Gasteiger partial charge in [-0.05, 0) is 32.4 Å². The van der Waals surface area contributed by atoms with Crippen LogP contribution >= 0.6 is 23.2 Å². The molecule has 0 aliphatic heterocycles. The minimum Gasteiger partial charge on any atom is -0.348 e. The highest BCUT2D eigenvalue weighted by molar-refractivity contribution is 6.44. The lowest BCUT2D eigenvalue weighted by Crippen LogP contribution is -2.27. The van der Waals surface area contributed by atoms with E-state index in [1.165, 1.54) is 6.07 Å². The van der Waals surface area contributed by atoms with E-state index < -0.39 is 5.91 Å². The maximum Gasteiger partial charge on any atom is 0.261 e. The Bertz CT molecular complexity index is 828. The Hall–Kier alpha value is -1.78. The maximum atomic E-state index is 12.6. The Morgan fingerprint density at radius 3 is 2.62 bits per heavy atom. The van der Waals surface area contributed by atoms with Crippen molar-refractivity contribution in [3.63, 3.8) is 0 Å². The van der Waals surface area contributed by atoms with Crippen LogP contribution in [0.15, 0.2) is 29.1 Å². The molecular weight excluding hydrogens is 347 g/mol. The SMILES string of the molecule is CCCCn1c(C)cc(=O)c(C(=O)Nc2cccc(Cl)c2Cl)c1C. The zero-order valence-corrected chi connectivity index (χ0v) is 15.5. The number of aryl methyl sites for hydroxylation is 1. The smallest absolute Gasteiger partial charge is 0.261 e. The second-order valence-electron chi connectivity index (χ2n) is 5.67. The molecule has 2 rings (SSSR count). The van der Waals surface area contributed by atoms with Gasteiger partial charge in [0.1, 0.15) is 5.56 Å². The van der Waals surface area contributed by atoms with Crippen LogP contribution in [0, 0.1) is 13.8 Å². The molecule has 24 heavy (non-hydrogen) atoms. The van der Waals surface area contributed by atoms with Gasteiger partial charge in [0.15, 0.2) is 5.43 Å². The number of hydrogen-bond acceptors (Lipinski definition) is 2. The van der Waals surface area contributed by atoms with E-state index in [-0.39, 0.29) is 16.0 Å². The molecule has 0 unspecified atom stereocenters. The summed E-state index contributed by atoms with van der Waals surface area (Å²) in [6.45, 7) is 6.53. The van der Waals surface area contributed by atoms with Gasteiger partial charge in [-0.2, -0.15) is 0 Å². The van der Waals surface area contributed by atoms with Crippen LogP contribution in [0.25, 0.3) is 0 Å². The van der Waals surface area contributed by atoms with Crippen LogP contribution in [0.3, 0.4) is 0 Å². The van der Waals surface area contributed by atoms with Crippen LogP contribution in [0.1, 0.15) is 41.5 Å². The molecule has 1 aromatic carbocycles. The number of carbonyl (C=O) groups is 1. The summed E-state index contributed by atoms with van der Waals surface area (Å²) in [5, 5.41) is 3.28. The summed E-state index contributed by atoms with van der Waals surface area (Å²) in [7, 11) is 0. The highest BCUT2D eigenvalue weighted by atomic mass is 35.5. The van der Waals surface area contributed by atoms with E-state index in [4.69, 9.17) is 23.2 Å². The predicted octanol–water partition coefficient (Wildman–Crippen LogP) is 4.82. The predicted molar refractivity (Wildman–Crippen MR) is 99.5 cm³/mol. The summed E-state index contributed by atoms with van der Waals surface area (Å²) in [4.78, 5) is 25.0. The molecule has 6 heteroatoms. The number of anilines is 1. The van der Waals surface area contributed by atoms with Crippen LogP contribution in [0.4, 0.5) is 5.69 Å². The third kappa shape index (κ3) is 3.82. The number of hydrogen-bond donors (Lipinski definition) is 1. The highest BCUT2D eigenvalue weighted by Gasteiger charge is 2.18. The first-order chi connectivity index (χ1) is 11.4. The van der Waals surface area contributed by atoms with Gasteiger partial charge in [-0.25, -0.2) is 0 Å². The molecule has 0 aliphatic rings. The Morgan fingerprint density at radius 2 is 1.96 bits per heavy atom. The Kier molecular flexibility index (Phi) is 6.08. The van der Waals surface area contributed by atoms with Crippen molar-refractivity contribution >= 4 is 34.8 Å². The number of pyridine rings is 1. The maximum absolute atomic E-state index is 12.6. The minimum absolute atomic E-state index is 0.132.